The predicted molar refractivity (Wildman–Crippen MR) is 64.1 cm³/mol. The highest BCUT2D eigenvalue weighted by Gasteiger charge is 2.15. The van der Waals surface area contributed by atoms with Crippen molar-refractivity contribution in [2.24, 2.45) is 11.7 Å². The number of rotatable bonds is 4. The van der Waals surface area contributed by atoms with Crippen molar-refractivity contribution >= 4 is 0 Å². The number of ether oxygens (including phenoxy) is 1. The van der Waals surface area contributed by atoms with E-state index in [9.17, 15) is 0 Å². The molecule has 0 aliphatic heterocycles. The van der Waals surface area contributed by atoms with Gasteiger partial charge in [-0.05, 0) is 36.1 Å². The van der Waals surface area contributed by atoms with Crippen LogP contribution in [-0.4, -0.2) is 7.11 Å². The molecule has 0 bridgehead atoms. The van der Waals surface area contributed by atoms with E-state index in [1.54, 1.807) is 7.11 Å². The molecular weight excluding hydrogens is 186 g/mol. The van der Waals surface area contributed by atoms with Gasteiger partial charge in [0.2, 0.25) is 0 Å². The van der Waals surface area contributed by atoms with E-state index in [1.807, 2.05) is 12.1 Å². The Balaban J connectivity index is 2.95. The number of nitrogens with two attached hydrogens (primary N) is 1. The molecule has 0 aliphatic carbocycles. The highest BCUT2D eigenvalue weighted by atomic mass is 16.5. The highest BCUT2D eigenvalue weighted by Crippen LogP contribution is 2.27. The predicted octanol–water partition coefficient (Wildman–Crippen LogP) is 3.05. The van der Waals surface area contributed by atoms with Crippen molar-refractivity contribution in [1.29, 1.82) is 0 Å². The molecule has 0 heterocycles. The first-order valence-electron chi connectivity index (χ1n) is 5.50. The summed E-state index contributed by atoms with van der Waals surface area (Å²) in [6, 6.07) is 6.22. The van der Waals surface area contributed by atoms with Crippen LogP contribution in [0.15, 0.2) is 18.2 Å². The molecule has 1 rings (SSSR count). The second-order valence-corrected chi connectivity index (χ2v) is 4.13. The fraction of sp³-hybridized carbons (Fsp3) is 0.538. The molecule has 0 spiro atoms. The van der Waals surface area contributed by atoms with Gasteiger partial charge < -0.3 is 10.5 Å². The van der Waals surface area contributed by atoms with Crippen LogP contribution in [0.4, 0.5) is 0 Å². The number of hydrogen-bond acceptors (Lipinski definition) is 2. The second kappa shape index (κ2) is 5.17. The molecule has 15 heavy (non-hydrogen) atoms. The summed E-state index contributed by atoms with van der Waals surface area (Å²) >= 11 is 0. The zero-order chi connectivity index (χ0) is 11.4. The average Bonchev–Trinajstić information content (AvgIpc) is 2.26. The minimum Gasteiger partial charge on any atom is -0.497 e. The Morgan fingerprint density at radius 1 is 1.40 bits per heavy atom. The van der Waals surface area contributed by atoms with Crippen LogP contribution in [0.2, 0.25) is 0 Å². The number of methoxy groups -OCH3 is 1. The summed E-state index contributed by atoms with van der Waals surface area (Å²) in [6.45, 7) is 6.44. The lowest BCUT2D eigenvalue weighted by Crippen LogP contribution is -2.19. The summed E-state index contributed by atoms with van der Waals surface area (Å²) in [7, 11) is 1.68. The molecule has 0 aromatic heterocycles. The number of aryl methyl sites for hydroxylation is 1. The van der Waals surface area contributed by atoms with Crippen LogP contribution in [0.3, 0.4) is 0 Å². The SMILES string of the molecule is CCC(C)[C@@H](N)c1ccc(OC)cc1C. The molecular formula is C13H21NO. The van der Waals surface area contributed by atoms with Gasteiger partial charge >= 0.3 is 0 Å². The molecule has 0 fully saturated rings. The Bertz CT molecular complexity index is 322. The molecule has 2 atom stereocenters. The monoisotopic (exact) mass is 207 g/mol. The van der Waals surface area contributed by atoms with E-state index < -0.39 is 0 Å². The van der Waals surface area contributed by atoms with Crippen LogP contribution in [0, 0.1) is 12.8 Å². The molecule has 0 amide bonds. The summed E-state index contributed by atoms with van der Waals surface area (Å²) in [6.07, 6.45) is 1.10. The number of hydrogen-bond donors (Lipinski definition) is 1. The summed E-state index contributed by atoms with van der Waals surface area (Å²) in [5, 5.41) is 0. The first kappa shape index (κ1) is 12.1. The first-order chi connectivity index (χ1) is 7.10. The topological polar surface area (TPSA) is 35.2 Å². The Kier molecular flexibility index (Phi) is 4.15. The van der Waals surface area contributed by atoms with E-state index in [2.05, 4.69) is 26.8 Å². The quantitative estimate of drug-likeness (QED) is 0.823. The smallest absolute Gasteiger partial charge is 0.119 e. The maximum Gasteiger partial charge on any atom is 0.119 e. The normalized spacial score (nSPS) is 14.7. The second-order valence-electron chi connectivity index (χ2n) is 4.13. The van der Waals surface area contributed by atoms with Crippen molar-refractivity contribution in [3.63, 3.8) is 0 Å². The van der Waals surface area contributed by atoms with Crippen LogP contribution < -0.4 is 10.5 Å². The van der Waals surface area contributed by atoms with Gasteiger partial charge in [0, 0.05) is 6.04 Å². The standard InChI is InChI=1S/C13H21NO/c1-5-9(2)13(14)12-7-6-11(15-4)8-10(12)3/h6-9,13H,5,14H2,1-4H3/t9?,13-/m1/s1. The summed E-state index contributed by atoms with van der Waals surface area (Å²) in [5.41, 5.74) is 8.64. The number of benzene rings is 1. The van der Waals surface area contributed by atoms with Crippen LogP contribution in [0.1, 0.15) is 37.4 Å². The molecule has 2 heteroatoms. The molecule has 1 unspecified atom stereocenters. The average molecular weight is 207 g/mol. The van der Waals surface area contributed by atoms with Crippen LogP contribution in [0.25, 0.3) is 0 Å². The highest BCUT2D eigenvalue weighted by molar-refractivity contribution is 5.36. The van der Waals surface area contributed by atoms with Gasteiger partial charge in [-0.15, -0.1) is 0 Å². The maximum atomic E-state index is 6.20. The largest absolute Gasteiger partial charge is 0.497 e. The van der Waals surface area contributed by atoms with Gasteiger partial charge in [-0.25, -0.2) is 0 Å². The van der Waals surface area contributed by atoms with Crippen molar-refractivity contribution in [2.45, 2.75) is 33.2 Å². The maximum absolute atomic E-state index is 6.20. The van der Waals surface area contributed by atoms with Crippen molar-refractivity contribution in [3.05, 3.63) is 29.3 Å². The van der Waals surface area contributed by atoms with Crippen molar-refractivity contribution in [2.75, 3.05) is 7.11 Å². The third-order valence-corrected chi connectivity index (χ3v) is 3.09. The first-order valence-corrected chi connectivity index (χ1v) is 5.50. The van der Waals surface area contributed by atoms with E-state index in [0.29, 0.717) is 5.92 Å². The van der Waals surface area contributed by atoms with Crippen LogP contribution in [0.5, 0.6) is 5.75 Å². The molecule has 0 saturated heterocycles. The zero-order valence-corrected chi connectivity index (χ0v) is 10.1. The fourth-order valence-corrected chi connectivity index (χ4v) is 1.71. The third-order valence-electron chi connectivity index (χ3n) is 3.09. The minimum atomic E-state index is 0.126. The van der Waals surface area contributed by atoms with Gasteiger partial charge in [-0.3, -0.25) is 0 Å². The zero-order valence-electron chi connectivity index (χ0n) is 10.1. The molecule has 0 aliphatic rings. The van der Waals surface area contributed by atoms with Crippen molar-refractivity contribution < 1.29 is 4.74 Å². The van der Waals surface area contributed by atoms with E-state index in [0.717, 1.165) is 12.2 Å². The van der Waals surface area contributed by atoms with Crippen LogP contribution in [-0.2, 0) is 0 Å². The molecule has 1 aromatic rings. The van der Waals surface area contributed by atoms with Gasteiger partial charge in [0.1, 0.15) is 5.75 Å². The van der Waals surface area contributed by atoms with Gasteiger partial charge in [-0.1, -0.05) is 26.3 Å². The lowest BCUT2D eigenvalue weighted by Gasteiger charge is -2.21. The molecule has 2 N–H and O–H groups in total. The van der Waals surface area contributed by atoms with E-state index in [-0.39, 0.29) is 6.04 Å². The Hall–Kier alpha value is -1.02. The van der Waals surface area contributed by atoms with Crippen LogP contribution >= 0.6 is 0 Å². The fourth-order valence-electron chi connectivity index (χ4n) is 1.71. The van der Waals surface area contributed by atoms with Crippen molar-refractivity contribution in [3.8, 4) is 5.75 Å². The van der Waals surface area contributed by atoms with Gasteiger partial charge in [-0.2, -0.15) is 0 Å². The minimum absolute atomic E-state index is 0.126. The molecule has 1 aromatic carbocycles. The van der Waals surface area contributed by atoms with Gasteiger partial charge in [0.25, 0.3) is 0 Å². The summed E-state index contributed by atoms with van der Waals surface area (Å²) in [4.78, 5) is 0. The van der Waals surface area contributed by atoms with Gasteiger partial charge in [0.05, 0.1) is 7.11 Å². The Morgan fingerprint density at radius 3 is 2.53 bits per heavy atom. The van der Waals surface area contributed by atoms with E-state index in [1.165, 1.54) is 11.1 Å². The molecule has 0 radical (unpaired) electrons. The van der Waals surface area contributed by atoms with Gasteiger partial charge in [0.15, 0.2) is 0 Å². The summed E-state index contributed by atoms with van der Waals surface area (Å²) < 4.78 is 5.18. The van der Waals surface area contributed by atoms with E-state index in [4.69, 9.17) is 10.5 Å². The Morgan fingerprint density at radius 2 is 2.07 bits per heavy atom. The van der Waals surface area contributed by atoms with E-state index >= 15 is 0 Å². The summed E-state index contributed by atoms with van der Waals surface area (Å²) in [5.74, 6) is 1.41. The molecule has 2 nitrogen and oxygen atoms in total. The molecule has 0 saturated carbocycles. The molecule has 84 valence electrons. The lowest BCUT2D eigenvalue weighted by molar-refractivity contribution is 0.413. The Labute approximate surface area is 92.4 Å². The third kappa shape index (κ3) is 2.72. The lowest BCUT2D eigenvalue weighted by atomic mass is 9.90. The van der Waals surface area contributed by atoms with Crippen molar-refractivity contribution in [1.82, 2.24) is 0 Å².